The maximum absolute atomic E-state index is 12.5. The maximum Gasteiger partial charge on any atom is 0.271 e. The zero-order valence-corrected chi connectivity index (χ0v) is 19.8. The quantitative estimate of drug-likeness (QED) is 0.306. The molecule has 0 heterocycles. The van der Waals surface area contributed by atoms with Gasteiger partial charge in [0.1, 0.15) is 5.75 Å². The van der Waals surface area contributed by atoms with Crippen LogP contribution < -0.4 is 10.7 Å². The molecule has 3 N–H and O–H groups in total. The first-order chi connectivity index (χ1) is 15.5. The van der Waals surface area contributed by atoms with Crippen LogP contribution in [0, 0.1) is 0 Å². The van der Waals surface area contributed by atoms with E-state index in [9.17, 15) is 14.7 Å². The fourth-order valence-electron chi connectivity index (χ4n) is 2.94. The van der Waals surface area contributed by atoms with Crippen LogP contribution in [0.5, 0.6) is 5.75 Å². The minimum absolute atomic E-state index is 0.0109. The van der Waals surface area contributed by atoms with E-state index in [1.807, 2.05) is 12.1 Å². The highest BCUT2D eigenvalue weighted by molar-refractivity contribution is 6.36. The maximum atomic E-state index is 12.5. The van der Waals surface area contributed by atoms with Crippen molar-refractivity contribution in [2.45, 2.75) is 26.2 Å². The summed E-state index contributed by atoms with van der Waals surface area (Å²) in [5.41, 5.74) is 5.22. The number of phenols is 1. The lowest BCUT2D eigenvalue weighted by molar-refractivity contribution is 0.0954. The molecule has 0 atom stereocenters. The summed E-state index contributed by atoms with van der Waals surface area (Å²) >= 11 is 11.8. The summed E-state index contributed by atoms with van der Waals surface area (Å²) in [6.45, 7) is 6.34. The monoisotopic (exact) mass is 483 g/mol. The van der Waals surface area contributed by atoms with Crippen molar-refractivity contribution in [3.05, 3.63) is 93.0 Å². The number of phenolic OH excluding ortho intramolecular Hbond substituents is 1. The third-order valence-electron chi connectivity index (χ3n) is 4.85. The van der Waals surface area contributed by atoms with Crippen LogP contribution in [0.15, 0.2) is 65.8 Å². The molecule has 170 valence electrons. The van der Waals surface area contributed by atoms with Gasteiger partial charge in [0.15, 0.2) is 0 Å². The number of nitrogens with one attached hydrogen (secondary N) is 2. The van der Waals surface area contributed by atoms with Gasteiger partial charge in [-0.15, -0.1) is 0 Å². The van der Waals surface area contributed by atoms with Crippen molar-refractivity contribution < 1.29 is 14.7 Å². The van der Waals surface area contributed by atoms with Crippen LogP contribution in [0.2, 0.25) is 10.0 Å². The summed E-state index contributed by atoms with van der Waals surface area (Å²) in [5, 5.41) is 17.0. The number of aromatic hydroxyl groups is 1. The van der Waals surface area contributed by atoms with Crippen molar-refractivity contribution in [2.24, 2.45) is 5.10 Å². The molecular weight excluding hydrogens is 461 g/mol. The Morgan fingerprint density at radius 3 is 2.09 bits per heavy atom. The summed E-state index contributed by atoms with van der Waals surface area (Å²) < 4.78 is 0. The standard InChI is InChI=1S/C25H23Cl2N3O3/c1-25(2,3)18-8-4-15(5-9-18)23(32)29-20-10-6-16(7-11-20)24(33)30-28-14-17-12-19(26)13-21(27)22(17)31/h4-14,31H,1-3H3,(H,29,32)(H,30,33)/b28-14+. The molecule has 6 nitrogen and oxygen atoms in total. The Kier molecular flexibility index (Phi) is 7.41. The number of carbonyl (C=O) groups excluding carboxylic acids is 2. The number of benzene rings is 3. The lowest BCUT2D eigenvalue weighted by Crippen LogP contribution is -2.18. The van der Waals surface area contributed by atoms with Crippen molar-refractivity contribution in [3.8, 4) is 5.75 Å². The van der Waals surface area contributed by atoms with Gasteiger partial charge in [-0.1, -0.05) is 56.1 Å². The molecule has 0 aliphatic rings. The van der Waals surface area contributed by atoms with Crippen LogP contribution in [0.4, 0.5) is 5.69 Å². The number of anilines is 1. The van der Waals surface area contributed by atoms with Crippen molar-refractivity contribution in [3.63, 3.8) is 0 Å². The second-order valence-corrected chi connectivity index (χ2v) is 9.23. The molecule has 0 spiro atoms. The number of hydrogen-bond acceptors (Lipinski definition) is 4. The Morgan fingerprint density at radius 2 is 1.48 bits per heavy atom. The molecular formula is C25H23Cl2N3O3. The lowest BCUT2D eigenvalue weighted by Gasteiger charge is -2.19. The molecule has 3 aromatic rings. The topological polar surface area (TPSA) is 90.8 Å². The Labute approximate surface area is 202 Å². The molecule has 0 unspecified atom stereocenters. The normalized spacial score (nSPS) is 11.4. The van der Waals surface area contributed by atoms with E-state index in [0.29, 0.717) is 21.8 Å². The lowest BCUT2D eigenvalue weighted by atomic mass is 9.87. The first kappa shape index (κ1) is 24.3. The molecule has 8 heteroatoms. The van der Waals surface area contributed by atoms with E-state index >= 15 is 0 Å². The predicted octanol–water partition coefficient (Wildman–Crippen LogP) is 6.01. The largest absolute Gasteiger partial charge is 0.506 e. The molecule has 33 heavy (non-hydrogen) atoms. The van der Waals surface area contributed by atoms with Crippen LogP contribution in [0.1, 0.15) is 52.6 Å². The highest BCUT2D eigenvalue weighted by Crippen LogP contribution is 2.30. The summed E-state index contributed by atoms with van der Waals surface area (Å²) in [5.74, 6) is -0.890. The molecule has 3 rings (SSSR count). The average Bonchev–Trinajstić information content (AvgIpc) is 2.77. The molecule has 0 aliphatic heterocycles. The first-order valence-corrected chi connectivity index (χ1v) is 10.8. The van der Waals surface area contributed by atoms with Gasteiger partial charge in [0.05, 0.1) is 11.2 Å². The molecule has 3 aromatic carbocycles. The van der Waals surface area contributed by atoms with E-state index in [0.717, 1.165) is 5.56 Å². The van der Waals surface area contributed by atoms with Crippen molar-refractivity contribution >= 4 is 46.9 Å². The summed E-state index contributed by atoms with van der Waals surface area (Å²) in [6.07, 6.45) is 1.24. The van der Waals surface area contributed by atoms with E-state index in [-0.39, 0.29) is 27.7 Å². The molecule has 0 aliphatic carbocycles. The number of hydrogen-bond donors (Lipinski definition) is 3. The van der Waals surface area contributed by atoms with Gasteiger partial charge in [-0.25, -0.2) is 5.43 Å². The highest BCUT2D eigenvalue weighted by atomic mass is 35.5. The van der Waals surface area contributed by atoms with Crippen LogP contribution in [0.25, 0.3) is 0 Å². The second kappa shape index (κ2) is 10.1. The van der Waals surface area contributed by atoms with E-state index < -0.39 is 5.91 Å². The van der Waals surface area contributed by atoms with Crippen LogP contribution in [-0.2, 0) is 5.41 Å². The molecule has 0 aromatic heterocycles. The average molecular weight is 484 g/mol. The van der Waals surface area contributed by atoms with Gasteiger partial charge in [0.25, 0.3) is 11.8 Å². The summed E-state index contributed by atoms with van der Waals surface area (Å²) in [6, 6.07) is 16.7. The summed E-state index contributed by atoms with van der Waals surface area (Å²) in [4.78, 5) is 24.8. The minimum Gasteiger partial charge on any atom is -0.506 e. The number of amides is 2. The Hall–Kier alpha value is -3.35. The molecule has 0 saturated carbocycles. The van der Waals surface area contributed by atoms with Gasteiger partial charge < -0.3 is 10.4 Å². The van der Waals surface area contributed by atoms with E-state index in [2.05, 4.69) is 36.6 Å². The molecule has 0 fully saturated rings. The third-order valence-corrected chi connectivity index (χ3v) is 5.35. The molecule has 2 amide bonds. The van der Waals surface area contributed by atoms with Gasteiger partial charge in [-0.2, -0.15) is 5.10 Å². The number of halogens is 2. The smallest absolute Gasteiger partial charge is 0.271 e. The van der Waals surface area contributed by atoms with Crippen molar-refractivity contribution in [1.29, 1.82) is 0 Å². The second-order valence-electron chi connectivity index (χ2n) is 8.38. The minimum atomic E-state index is -0.463. The van der Waals surface area contributed by atoms with Gasteiger partial charge in [-0.3, -0.25) is 9.59 Å². The first-order valence-electron chi connectivity index (χ1n) is 10.1. The van der Waals surface area contributed by atoms with Crippen molar-refractivity contribution in [2.75, 3.05) is 5.32 Å². The van der Waals surface area contributed by atoms with E-state index in [4.69, 9.17) is 23.2 Å². The van der Waals surface area contributed by atoms with Gasteiger partial charge in [0, 0.05) is 27.4 Å². The van der Waals surface area contributed by atoms with Gasteiger partial charge in [0.2, 0.25) is 0 Å². The zero-order valence-electron chi connectivity index (χ0n) is 18.3. The fraction of sp³-hybridized carbons (Fsp3) is 0.160. The zero-order chi connectivity index (χ0) is 24.2. The van der Waals surface area contributed by atoms with E-state index in [1.54, 1.807) is 36.4 Å². The van der Waals surface area contributed by atoms with Crippen LogP contribution >= 0.6 is 23.2 Å². The van der Waals surface area contributed by atoms with Gasteiger partial charge >= 0.3 is 0 Å². The fourth-order valence-corrected chi connectivity index (χ4v) is 3.45. The molecule has 0 radical (unpaired) electrons. The molecule has 0 saturated heterocycles. The Morgan fingerprint density at radius 1 is 0.909 bits per heavy atom. The van der Waals surface area contributed by atoms with Gasteiger partial charge in [-0.05, 0) is 59.5 Å². The molecule has 0 bridgehead atoms. The number of hydrazone groups is 1. The van der Waals surface area contributed by atoms with Crippen LogP contribution in [0.3, 0.4) is 0 Å². The number of nitrogens with zero attached hydrogens (tertiary/aromatic N) is 1. The van der Waals surface area contributed by atoms with Crippen molar-refractivity contribution in [1.82, 2.24) is 5.43 Å². The van der Waals surface area contributed by atoms with Crippen LogP contribution in [-0.4, -0.2) is 23.1 Å². The number of carbonyl (C=O) groups is 2. The Bertz CT molecular complexity index is 1200. The SMILES string of the molecule is CC(C)(C)c1ccc(C(=O)Nc2ccc(C(=O)N/N=C/c3cc(Cl)cc(Cl)c3O)cc2)cc1. The third kappa shape index (κ3) is 6.34. The number of rotatable bonds is 5. The highest BCUT2D eigenvalue weighted by Gasteiger charge is 2.14. The Balaban J connectivity index is 1.60. The van der Waals surface area contributed by atoms with E-state index in [1.165, 1.54) is 18.3 Å². The predicted molar refractivity (Wildman–Crippen MR) is 133 cm³/mol. The summed E-state index contributed by atoms with van der Waals surface area (Å²) in [7, 11) is 0.